The van der Waals surface area contributed by atoms with Crippen molar-refractivity contribution in [3.8, 4) is 0 Å². The summed E-state index contributed by atoms with van der Waals surface area (Å²) in [5.41, 5.74) is 0. The second-order valence-corrected chi connectivity index (χ2v) is 26.8. The molecule has 0 bridgehead atoms. The summed E-state index contributed by atoms with van der Waals surface area (Å²) in [4.78, 5) is 0. The van der Waals surface area contributed by atoms with Gasteiger partial charge in [-0.3, -0.25) is 8.37 Å². The predicted octanol–water partition coefficient (Wildman–Crippen LogP) is 23.3. The molecule has 0 rings (SSSR count). The van der Waals surface area contributed by atoms with Crippen molar-refractivity contribution in [2.45, 2.75) is 413 Å². The standard InChI is InChI=1S/2C34H70O4S.Ca/c2*1-3-5-7-9-11-13-14-15-16-17-18-19-20-21-22-23-24-26-28-30-32-34(33-38-39(35,36)37)31-29-27-25-12-10-8-6-4-2;/h2*34H,3-33H2,1-2H3,(H,35,36,37);/q;;+2/p-2. The largest absolute Gasteiger partial charge is 2.00 e. The number of hydrogen-bond donors (Lipinski definition) is 0. The first kappa shape index (κ1) is 84.2. The van der Waals surface area contributed by atoms with Crippen LogP contribution in [0.25, 0.3) is 0 Å². The van der Waals surface area contributed by atoms with Gasteiger partial charge in [-0.2, -0.15) is 0 Å². The molecule has 2 unspecified atom stereocenters. The molecule has 0 spiro atoms. The summed E-state index contributed by atoms with van der Waals surface area (Å²) in [7, 11) is -9.16. The maximum absolute atomic E-state index is 10.9. The summed E-state index contributed by atoms with van der Waals surface area (Å²) < 4.78 is 74.8. The van der Waals surface area contributed by atoms with Crippen LogP contribution in [0.3, 0.4) is 0 Å². The average Bonchev–Trinajstić information content (AvgIpc) is 3.41. The van der Waals surface area contributed by atoms with Crippen LogP contribution < -0.4 is 0 Å². The van der Waals surface area contributed by atoms with Crippen molar-refractivity contribution >= 4 is 58.5 Å². The third-order valence-corrected chi connectivity index (χ3v) is 17.6. The number of hydrogen-bond acceptors (Lipinski definition) is 8. The zero-order valence-electron chi connectivity index (χ0n) is 53.8. The monoisotopic (exact) mass is 1190 g/mol. The molecular weight excluding hydrogens is 1050 g/mol. The zero-order valence-corrected chi connectivity index (χ0v) is 57.6. The molecule has 0 heterocycles. The van der Waals surface area contributed by atoms with Gasteiger partial charge < -0.3 is 9.11 Å². The van der Waals surface area contributed by atoms with Gasteiger partial charge in [0.05, 0.1) is 13.2 Å². The van der Waals surface area contributed by atoms with Crippen LogP contribution in [0.2, 0.25) is 0 Å². The minimum absolute atomic E-state index is 0. The average molecular weight is 1190 g/mol. The van der Waals surface area contributed by atoms with Crippen LogP contribution in [-0.4, -0.2) is 76.9 Å². The molecule has 79 heavy (non-hydrogen) atoms. The van der Waals surface area contributed by atoms with Crippen LogP contribution in [0.5, 0.6) is 0 Å². The van der Waals surface area contributed by atoms with Gasteiger partial charge in [0, 0.05) is 0 Å². The molecule has 0 saturated heterocycles. The van der Waals surface area contributed by atoms with Gasteiger partial charge >= 0.3 is 37.7 Å². The summed E-state index contributed by atoms with van der Waals surface area (Å²) in [5, 5.41) is 0. The molecule has 0 aliphatic carbocycles. The fourth-order valence-electron chi connectivity index (χ4n) is 11.5. The van der Waals surface area contributed by atoms with E-state index in [-0.39, 0.29) is 62.8 Å². The summed E-state index contributed by atoms with van der Waals surface area (Å²) in [6, 6.07) is 0. The van der Waals surface area contributed by atoms with Crippen LogP contribution in [-0.2, 0) is 29.2 Å². The zero-order chi connectivity index (χ0) is 57.4. The summed E-state index contributed by atoms with van der Waals surface area (Å²) in [6.45, 7) is 9.20. The second-order valence-electron chi connectivity index (χ2n) is 24.7. The van der Waals surface area contributed by atoms with E-state index in [2.05, 4.69) is 36.1 Å². The van der Waals surface area contributed by atoms with Crippen molar-refractivity contribution in [2.24, 2.45) is 11.8 Å². The maximum Gasteiger partial charge on any atom is 2.00 e. The van der Waals surface area contributed by atoms with E-state index in [1.807, 2.05) is 0 Å². The van der Waals surface area contributed by atoms with Crippen molar-refractivity contribution in [3.63, 3.8) is 0 Å². The molecule has 0 aliphatic heterocycles. The van der Waals surface area contributed by atoms with Crippen LogP contribution >= 0.6 is 0 Å². The van der Waals surface area contributed by atoms with Crippen molar-refractivity contribution in [2.75, 3.05) is 13.2 Å². The Morgan fingerprint density at radius 1 is 0.228 bits per heavy atom. The molecule has 0 saturated carbocycles. The minimum Gasteiger partial charge on any atom is -0.726 e. The Morgan fingerprint density at radius 3 is 0.456 bits per heavy atom. The molecule has 472 valence electrons. The Hall–Kier alpha value is 1.000. The number of unbranched alkanes of at least 4 members (excludes halogenated alkanes) is 52. The first-order valence-electron chi connectivity index (χ1n) is 35.2. The fraction of sp³-hybridized carbons (Fsp3) is 1.00. The van der Waals surface area contributed by atoms with Gasteiger partial charge in [0.1, 0.15) is 0 Å². The normalized spacial score (nSPS) is 12.6. The molecule has 2 atom stereocenters. The van der Waals surface area contributed by atoms with Crippen LogP contribution in [0.4, 0.5) is 0 Å². The minimum atomic E-state index is -4.58. The fourth-order valence-corrected chi connectivity index (χ4v) is 12.2. The predicted molar refractivity (Wildman–Crippen MR) is 344 cm³/mol. The second kappa shape index (κ2) is 69.8. The van der Waals surface area contributed by atoms with E-state index < -0.39 is 20.8 Å². The van der Waals surface area contributed by atoms with Crippen molar-refractivity contribution in [3.05, 3.63) is 0 Å². The summed E-state index contributed by atoms with van der Waals surface area (Å²) in [5.74, 6) is 0.397. The third kappa shape index (κ3) is 79.0. The number of rotatable bonds is 66. The smallest absolute Gasteiger partial charge is 0.726 e. The molecule has 0 amide bonds. The van der Waals surface area contributed by atoms with Gasteiger partial charge in [0.15, 0.2) is 0 Å². The molecular formula is C68H138CaO8S2. The Kier molecular flexibility index (Phi) is 74.4. The van der Waals surface area contributed by atoms with Gasteiger partial charge in [-0.1, -0.05) is 387 Å². The Balaban J connectivity index is -0.00000144. The summed E-state index contributed by atoms with van der Waals surface area (Å²) >= 11 is 0. The van der Waals surface area contributed by atoms with Crippen molar-refractivity contribution < 1.29 is 34.3 Å². The van der Waals surface area contributed by atoms with E-state index in [1.165, 1.54) is 334 Å². The molecule has 0 aliphatic rings. The van der Waals surface area contributed by atoms with Crippen molar-refractivity contribution in [1.82, 2.24) is 0 Å². The third-order valence-electron chi connectivity index (χ3n) is 16.8. The summed E-state index contributed by atoms with van der Waals surface area (Å²) in [6.07, 6.45) is 79.3. The van der Waals surface area contributed by atoms with Gasteiger partial charge in [0.2, 0.25) is 20.8 Å². The van der Waals surface area contributed by atoms with E-state index in [9.17, 15) is 25.9 Å². The Morgan fingerprint density at radius 2 is 0.342 bits per heavy atom. The van der Waals surface area contributed by atoms with Gasteiger partial charge in [-0.25, -0.2) is 16.8 Å². The molecule has 0 aromatic rings. The molecule has 0 aromatic heterocycles. The molecule has 0 fully saturated rings. The Bertz CT molecular complexity index is 1230. The van der Waals surface area contributed by atoms with Crippen LogP contribution in [0.1, 0.15) is 413 Å². The van der Waals surface area contributed by atoms with Gasteiger partial charge in [-0.15, -0.1) is 0 Å². The van der Waals surface area contributed by atoms with Gasteiger partial charge in [0.25, 0.3) is 0 Å². The molecule has 0 radical (unpaired) electrons. The first-order chi connectivity index (χ1) is 38.0. The van der Waals surface area contributed by atoms with Crippen LogP contribution in [0, 0.1) is 11.8 Å². The van der Waals surface area contributed by atoms with E-state index in [0.29, 0.717) is 0 Å². The van der Waals surface area contributed by atoms with Gasteiger partial charge in [-0.05, 0) is 37.5 Å². The quantitative estimate of drug-likeness (QED) is 0.0254. The molecule has 0 aromatic carbocycles. The molecule has 8 nitrogen and oxygen atoms in total. The topological polar surface area (TPSA) is 133 Å². The van der Waals surface area contributed by atoms with E-state index in [1.54, 1.807) is 0 Å². The Labute approximate surface area is 526 Å². The maximum atomic E-state index is 10.9. The van der Waals surface area contributed by atoms with E-state index in [4.69, 9.17) is 0 Å². The van der Waals surface area contributed by atoms with E-state index in [0.717, 1.165) is 51.4 Å². The van der Waals surface area contributed by atoms with E-state index >= 15 is 0 Å². The SMILES string of the molecule is CCCCCCCCCCCCCCCCCCCCCCC(CCCCCCCCCC)COS(=O)(=O)[O-].CCCCCCCCCCCCCCCCCCCCCCC(CCCCCCCCCC)COS(=O)(=O)[O-].[Ca+2]. The first-order valence-corrected chi connectivity index (χ1v) is 37.9. The van der Waals surface area contributed by atoms with Crippen LogP contribution in [0.15, 0.2) is 0 Å². The molecule has 0 N–H and O–H groups in total. The molecule has 11 heteroatoms. The van der Waals surface area contributed by atoms with Crippen molar-refractivity contribution in [1.29, 1.82) is 0 Å².